The summed E-state index contributed by atoms with van der Waals surface area (Å²) < 4.78 is 10.6. The summed E-state index contributed by atoms with van der Waals surface area (Å²) in [6.45, 7) is 3.65. The van der Waals surface area contributed by atoms with Crippen LogP contribution < -0.4 is 4.74 Å². The van der Waals surface area contributed by atoms with Crippen molar-refractivity contribution in [3.8, 4) is 11.5 Å². The van der Waals surface area contributed by atoms with Gasteiger partial charge >= 0.3 is 6.09 Å². The van der Waals surface area contributed by atoms with Crippen LogP contribution >= 0.6 is 22.6 Å². The lowest BCUT2D eigenvalue weighted by molar-refractivity contribution is -0.137. The van der Waals surface area contributed by atoms with Gasteiger partial charge in [0.05, 0.1) is 42.3 Å². The molecule has 1 aromatic rings. The van der Waals surface area contributed by atoms with Crippen molar-refractivity contribution in [1.29, 1.82) is 0 Å². The molecular weight excluding hydrogens is 617 g/mol. The average molecular weight is 656 g/mol. The molecule has 1 aromatic carbocycles. The zero-order valence-corrected chi connectivity index (χ0v) is 25.1. The van der Waals surface area contributed by atoms with Crippen LogP contribution in [0.15, 0.2) is 28.9 Å². The molecule has 0 radical (unpaired) electrons. The number of halogens is 1. The molecule has 214 valence electrons. The molecule has 2 aliphatic rings. The van der Waals surface area contributed by atoms with E-state index in [0.29, 0.717) is 39.1 Å². The van der Waals surface area contributed by atoms with E-state index in [9.17, 15) is 29.7 Å². The van der Waals surface area contributed by atoms with Gasteiger partial charge in [-0.1, -0.05) is 43.9 Å². The van der Waals surface area contributed by atoms with Crippen molar-refractivity contribution in [2.75, 3.05) is 20.8 Å². The Morgan fingerprint density at radius 1 is 1.18 bits per heavy atom. The number of methoxy groups -OCH3 is 2. The van der Waals surface area contributed by atoms with Crippen molar-refractivity contribution in [2.45, 2.75) is 64.9 Å². The summed E-state index contributed by atoms with van der Waals surface area (Å²) in [7, 11) is 2.61. The first-order chi connectivity index (χ1) is 18.6. The summed E-state index contributed by atoms with van der Waals surface area (Å²) >= 11 is 2.05. The molecule has 1 heterocycles. The van der Waals surface area contributed by atoms with Crippen molar-refractivity contribution in [1.82, 2.24) is 4.90 Å². The van der Waals surface area contributed by atoms with Crippen LogP contribution in [-0.2, 0) is 14.3 Å². The fourth-order valence-electron chi connectivity index (χ4n) is 5.91. The van der Waals surface area contributed by atoms with Crippen molar-refractivity contribution < 1.29 is 39.2 Å². The number of aliphatic hydroxyl groups excluding tert-OH is 2. The largest absolute Gasteiger partial charge is 0.504 e. The monoisotopic (exact) mass is 655 g/mol. The van der Waals surface area contributed by atoms with Crippen LogP contribution in [0.4, 0.5) is 4.79 Å². The number of aliphatic hydroxyl groups is 2. The molecule has 1 fully saturated rings. The van der Waals surface area contributed by atoms with Gasteiger partial charge in [0.1, 0.15) is 0 Å². The number of aromatic hydroxyl groups is 1. The van der Waals surface area contributed by atoms with Gasteiger partial charge in [-0.15, -0.1) is 0 Å². The van der Waals surface area contributed by atoms with Gasteiger partial charge in [-0.3, -0.25) is 9.59 Å². The van der Waals surface area contributed by atoms with Gasteiger partial charge < -0.3 is 24.8 Å². The minimum absolute atomic E-state index is 0.0921. The van der Waals surface area contributed by atoms with E-state index in [1.54, 1.807) is 6.07 Å². The number of phenols is 1. The highest BCUT2D eigenvalue weighted by atomic mass is 127. The Morgan fingerprint density at radius 2 is 1.90 bits per heavy atom. The summed E-state index contributed by atoms with van der Waals surface area (Å²) in [6, 6.07) is 3.63. The number of ether oxygens (including phenoxy) is 2. The molecule has 0 bridgehead atoms. The normalized spacial score (nSPS) is 22.3. The molecule has 0 spiro atoms. The Labute approximate surface area is 243 Å². The van der Waals surface area contributed by atoms with Crippen LogP contribution in [0.2, 0.25) is 0 Å². The van der Waals surface area contributed by atoms with E-state index in [2.05, 4.69) is 34.3 Å². The summed E-state index contributed by atoms with van der Waals surface area (Å²) in [5.74, 6) is -3.24. The van der Waals surface area contributed by atoms with Crippen LogP contribution in [0.1, 0.15) is 64.4 Å². The third-order valence-corrected chi connectivity index (χ3v) is 8.42. The molecule has 10 heteroatoms. The zero-order chi connectivity index (χ0) is 28.9. The summed E-state index contributed by atoms with van der Waals surface area (Å²) in [5, 5.41) is 32.0. The number of phenolic OH excluding ortho intramolecular Hbond substituents is 1. The van der Waals surface area contributed by atoms with Crippen molar-refractivity contribution >= 4 is 46.6 Å². The molecule has 39 heavy (non-hydrogen) atoms. The molecule has 1 aliphatic heterocycles. The van der Waals surface area contributed by atoms with E-state index in [0.717, 1.165) is 43.1 Å². The Balaban J connectivity index is 1.90. The maximum absolute atomic E-state index is 13.2. The lowest BCUT2D eigenvalue weighted by Crippen LogP contribution is -2.40. The molecule has 3 rings (SSSR count). The number of hydrogen-bond donors (Lipinski definition) is 3. The lowest BCUT2D eigenvalue weighted by Gasteiger charge is -2.36. The van der Waals surface area contributed by atoms with Crippen molar-refractivity contribution in [3.05, 3.63) is 38.0 Å². The number of imide groups is 3. The van der Waals surface area contributed by atoms with E-state index in [1.165, 1.54) is 7.11 Å². The summed E-state index contributed by atoms with van der Waals surface area (Å²) in [4.78, 5) is 38.9. The maximum Gasteiger partial charge on any atom is 0.423 e. The van der Waals surface area contributed by atoms with Gasteiger partial charge in [0.25, 0.3) is 0 Å². The number of carbonyl (C=O) groups is 3. The highest BCUT2D eigenvalue weighted by molar-refractivity contribution is 14.1. The number of fused-ring (bicyclic) bond motifs is 1. The third-order valence-electron chi connectivity index (χ3n) is 7.60. The van der Waals surface area contributed by atoms with Gasteiger partial charge in [0.15, 0.2) is 11.5 Å². The molecule has 0 unspecified atom stereocenters. The molecule has 1 aliphatic carbocycles. The van der Waals surface area contributed by atoms with Crippen LogP contribution in [0.5, 0.6) is 11.5 Å². The van der Waals surface area contributed by atoms with Crippen LogP contribution in [0.3, 0.4) is 0 Å². The van der Waals surface area contributed by atoms with E-state index in [4.69, 9.17) is 4.74 Å². The Morgan fingerprint density at radius 3 is 2.49 bits per heavy atom. The third kappa shape index (κ3) is 6.49. The van der Waals surface area contributed by atoms with Gasteiger partial charge in [-0.25, -0.2) is 4.79 Å². The fraction of sp³-hybridized carbons (Fsp3) is 0.552. The number of allylic oxidation sites excluding steroid dienone is 2. The van der Waals surface area contributed by atoms with Gasteiger partial charge in [0, 0.05) is 5.92 Å². The first-order valence-corrected chi connectivity index (χ1v) is 14.4. The minimum Gasteiger partial charge on any atom is -0.504 e. The predicted molar refractivity (Wildman–Crippen MR) is 154 cm³/mol. The zero-order valence-electron chi connectivity index (χ0n) is 22.9. The Kier molecular flexibility index (Phi) is 11.0. The molecule has 4 atom stereocenters. The average Bonchev–Trinajstić information content (AvgIpc) is 3.17. The molecule has 1 saturated heterocycles. The maximum atomic E-state index is 13.2. The second-order valence-corrected chi connectivity index (χ2v) is 11.2. The van der Waals surface area contributed by atoms with E-state index in [-0.39, 0.29) is 12.2 Å². The topological polar surface area (TPSA) is 134 Å². The number of hydrogen-bond acceptors (Lipinski definition) is 8. The molecule has 0 aromatic heterocycles. The molecule has 3 N–H and O–H groups in total. The summed E-state index contributed by atoms with van der Waals surface area (Å²) in [6.07, 6.45) is 4.41. The highest BCUT2D eigenvalue weighted by Crippen LogP contribution is 2.47. The minimum atomic E-state index is -1.02. The number of likely N-dealkylation sites (tertiary alicyclic amines) is 1. The van der Waals surface area contributed by atoms with Crippen molar-refractivity contribution in [3.63, 3.8) is 0 Å². The van der Waals surface area contributed by atoms with Crippen LogP contribution in [-0.4, -0.2) is 65.1 Å². The molecule has 0 saturated carbocycles. The lowest BCUT2D eigenvalue weighted by atomic mass is 9.67. The fourth-order valence-corrected chi connectivity index (χ4v) is 6.53. The second kappa shape index (κ2) is 13.8. The van der Waals surface area contributed by atoms with Gasteiger partial charge in [0.2, 0.25) is 11.8 Å². The Bertz CT molecular complexity index is 1160. The number of rotatable bonds is 11. The number of nitrogens with zero attached hydrogens (tertiary/aromatic N) is 1. The first-order valence-electron chi connectivity index (χ1n) is 13.4. The number of amides is 3. The first kappa shape index (κ1) is 31.1. The molecular formula is C29H38INO8. The highest BCUT2D eigenvalue weighted by Gasteiger charge is 2.57. The second-order valence-electron chi connectivity index (χ2n) is 10.1. The van der Waals surface area contributed by atoms with E-state index < -0.39 is 48.4 Å². The smallest absolute Gasteiger partial charge is 0.423 e. The predicted octanol–water partition coefficient (Wildman–Crippen LogP) is 4.81. The van der Waals surface area contributed by atoms with Crippen molar-refractivity contribution in [2.24, 2.45) is 17.8 Å². The number of benzene rings is 1. The molecule has 3 amide bonds. The number of carbonyl (C=O) groups excluding carboxylic acids is 3. The quantitative estimate of drug-likeness (QED) is 0.176. The summed E-state index contributed by atoms with van der Waals surface area (Å²) in [5.41, 5.74) is 3.47. The molecule has 9 nitrogen and oxygen atoms in total. The van der Waals surface area contributed by atoms with Gasteiger partial charge in [-0.05, 0) is 78.0 Å². The van der Waals surface area contributed by atoms with E-state index in [1.807, 2.05) is 19.1 Å². The SMILES string of the molecule is CCCC1=C([C@H](O)CC/C(=C/c2cc(I)c(O)c(OC)c2)CCC)[C@H](CO)[C@@H]2C(=O)N(C(=O)OC)C(=O)[C@@H]2C1. The van der Waals surface area contributed by atoms with Crippen LogP contribution in [0, 0.1) is 21.3 Å². The van der Waals surface area contributed by atoms with Crippen LogP contribution in [0.25, 0.3) is 6.08 Å². The van der Waals surface area contributed by atoms with Gasteiger partial charge in [-0.2, -0.15) is 4.90 Å². The van der Waals surface area contributed by atoms with E-state index >= 15 is 0 Å². The Hall–Kier alpha value is -2.44. The standard InChI is InChI=1S/C29H38INO8/c1-5-7-16(11-17-12-21(30)26(34)23(13-17)38-3)9-10-22(33)24-18(8-6-2)14-19-25(20(24)15-32)28(36)31(27(19)35)29(37)39-4/h11-13,19-20,22,25,32-34H,5-10,14-15H2,1-4H3/b16-11+/t19-,20+,22-,25-/m1/s1.